The fourth-order valence-electron chi connectivity index (χ4n) is 0.711. The molecular weight excluding hydrogens is 142 g/mol. The van der Waals surface area contributed by atoms with Crippen molar-refractivity contribution in [3.05, 3.63) is 18.3 Å². The highest BCUT2D eigenvalue weighted by atomic mass is 16.1. The van der Waals surface area contributed by atoms with Crippen LogP contribution in [-0.2, 0) is 4.79 Å². The molecule has 1 radical (unpaired) electrons. The van der Waals surface area contributed by atoms with Crippen molar-refractivity contribution >= 4 is 12.2 Å². The molecule has 0 aliphatic carbocycles. The molecule has 0 fully saturated rings. The van der Waals surface area contributed by atoms with Crippen LogP contribution in [-0.4, -0.2) is 23.2 Å². The Morgan fingerprint density at radius 2 is 2.55 bits per heavy atom. The van der Waals surface area contributed by atoms with Crippen molar-refractivity contribution in [2.75, 3.05) is 11.4 Å². The Hall–Kier alpha value is -1.45. The van der Waals surface area contributed by atoms with Crippen LogP contribution in [0, 0.1) is 0 Å². The highest BCUT2D eigenvalue weighted by Gasteiger charge is 2.02. The second-order valence-electron chi connectivity index (χ2n) is 1.92. The molecule has 0 saturated carbocycles. The molecule has 11 heavy (non-hydrogen) atoms. The molecule has 0 N–H and O–H groups in total. The first-order valence-corrected chi connectivity index (χ1v) is 3.31. The van der Waals surface area contributed by atoms with Gasteiger partial charge in [-0.2, -0.15) is 5.10 Å². The van der Waals surface area contributed by atoms with E-state index in [1.165, 1.54) is 4.90 Å². The minimum Gasteiger partial charge on any atom is -0.287 e. The predicted molar refractivity (Wildman–Crippen MR) is 40.7 cm³/mol. The second kappa shape index (κ2) is 3.65. The van der Waals surface area contributed by atoms with Crippen molar-refractivity contribution in [1.82, 2.24) is 10.2 Å². The van der Waals surface area contributed by atoms with Crippen molar-refractivity contribution in [1.29, 1.82) is 0 Å². The summed E-state index contributed by atoms with van der Waals surface area (Å²) < 4.78 is 0. The molecule has 0 aromatic carbocycles. The number of rotatable bonds is 3. The van der Waals surface area contributed by atoms with Gasteiger partial charge in [-0.15, -0.1) is 5.10 Å². The largest absolute Gasteiger partial charge is 0.318 e. The maximum atomic E-state index is 10.3. The summed E-state index contributed by atoms with van der Waals surface area (Å²) in [5.41, 5.74) is 0. The second-order valence-corrected chi connectivity index (χ2v) is 1.92. The number of aromatic nitrogens is 2. The molecule has 1 aromatic rings. The smallest absolute Gasteiger partial charge is 0.287 e. The molecule has 0 spiro atoms. The summed E-state index contributed by atoms with van der Waals surface area (Å²) in [7, 11) is 0. The zero-order chi connectivity index (χ0) is 8.10. The summed E-state index contributed by atoms with van der Waals surface area (Å²) in [5, 5.41) is 7.37. The molecular formula is C7H8N3O. The standard InChI is InChI=1S/C7H8N3O/c1-2-10(6-11)7-4-3-5-8-9-7/h3-5H,2H2,1H3. The molecule has 4 nitrogen and oxygen atoms in total. The van der Waals surface area contributed by atoms with Crippen LogP contribution in [0.1, 0.15) is 6.92 Å². The van der Waals surface area contributed by atoms with E-state index in [0.717, 1.165) is 0 Å². The van der Waals surface area contributed by atoms with E-state index in [-0.39, 0.29) is 0 Å². The molecule has 1 rings (SSSR count). The number of anilines is 1. The van der Waals surface area contributed by atoms with Gasteiger partial charge < -0.3 is 0 Å². The van der Waals surface area contributed by atoms with Gasteiger partial charge in [0.2, 0.25) is 0 Å². The molecule has 0 bridgehead atoms. The number of hydrogen-bond acceptors (Lipinski definition) is 3. The van der Waals surface area contributed by atoms with Crippen molar-refractivity contribution < 1.29 is 4.79 Å². The van der Waals surface area contributed by atoms with Crippen LogP contribution in [0.4, 0.5) is 5.82 Å². The van der Waals surface area contributed by atoms with Crippen LogP contribution < -0.4 is 4.90 Å². The Morgan fingerprint density at radius 3 is 3.00 bits per heavy atom. The Bertz CT molecular complexity index is 224. The van der Waals surface area contributed by atoms with Crippen molar-refractivity contribution in [2.45, 2.75) is 6.92 Å². The van der Waals surface area contributed by atoms with Gasteiger partial charge in [0, 0.05) is 12.7 Å². The van der Waals surface area contributed by atoms with Crippen LogP contribution in [0.25, 0.3) is 0 Å². The third-order valence-electron chi connectivity index (χ3n) is 1.26. The maximum Gasteiger partial charge on any atom is 0.318 e. The Kier molecular flexibility index (Phi) is 2.54. The number of amides is 1. The highest BCUT2D eigenvalue weighted by molar-refractivity contribution is 5.72. The van der Waals surface area contributed by atoms with Gasteiger partial charge in [0.05, 0.1) is 0 Å². The van der Waals surface area contributed by atoms with Crippen LogP contribution in [0.5, 0.6) is 0 Å². The Balaban J connectivity index is 2.82. The first-order valence-electron chi connectivity index (χ1n) is 3.31. The molecule has 0 aliphatic heterocycles. The normalized spacial score (nSPS) is 9.18. The fourth-order valence-corrected chi connectivity index (χ4v) is 0.711. The van der Waals surface area contributed by atoms with E-state index in [4.69, 9.17) is 0 Å². The fraction of sp³-hybridized carbons (Fsp3) is 0.286. The van der Waals surface area contributed by atoms with E-state index in [2.05, 4.69) is 10.2 Å². The molecule has 0 atom stereocenters. The lowest BCUT2D eigenvalue weighted by Crippen LogP contribution is -2.21. The molecule has 4 heteroatoms. The Labute approximate surface area is 64.9 Å². The maximum absolute atomic E-state index is 10.3. The van der Waals surface area contributed by atoms with Gasteiger partial charge in [-0.25, -0.2) is 0 Å². The quantitative estimate of drug-likeness (QED) is 0.585. The van der Waals surface area contributed by atoms with Gasteiger partial charge in [-0.05, 0) is 19.1 Å². The van der Waals surface area contributed by atoms with E-state index in [9.17, 15) is 4.79 Å². The first-order chi connectivity index (χ1) is 5.38. The summed E-state index contributed by atoms with van der Waals surface area (Å²) in [5.74, 6) is 0.532. The zero-order valence-corrected chi connectivity index (χ0v) is 6.19. The lowest BCUT2D eigenvalue weighted by molar-refractivity contribution is 0.551. The average Bonchev–Trinajstić information content (AvgIpc) is 2.09. The van der Waals surface area contributed by atoms with Crippen molar-refractivity contribution in [3.8, 4) is 0 Å². The van der Waals surface area contributed by atoms with Gasteiger partial charge in [-0.3, -0.25) is 9.69 Å². The van der Waals surface area contributed by atoms with E-state index in [1.807, 2.05) is 6.92 Å². The van der Waals surface area contributed by atoms with Crippen LogP contribution in [0.3, 0.4) is 0 Å². The summed E-state index contributed by atoms with van der Waals surface area (Å²) >= 11 is 0. The summed E-state index contributed by atoms with van der Waals surface area (Å²) in [6.45, 7) is 2.40. The summed E-state index contributed by atoms with van der Waals surface area (Å²) in [6.07, 6.45) is 3.31. The van der Waals surface area contributed by atoms with Gasteiger partial charge in [-0.1, -0.05) is 0 Å². The van der Waals surface area contributed by atoms with Gasteiger partial charge in [0.25, 0.3) is 0 Å². The topological polar surface area (TPSA) is 46.1 Å². The SMILES string of the molecule is CCN([C]=O)c1cccnn1. The molecule has 0 saturated heterocycles. The van der Waals surface area contributed by atoms with Crippen LogP contribution >= 0.6 is 0 Å². The minimum absolute atomic E-state index is 0.532. The van der Waals surface area contributed by atoms with Crippen molar-refractivity contribution in [2.24, 2.45) is 0 Å². The lowest BCUT2D eigenvalue weighted by atomic mass is 10.5. The number of carbonyl (C=O) groups excluding carboxylic acids is 1. The average molecular weight is 150 g/mol. The van der Waals surface area contributed by atoms with Crippen molar-refractivity contribution in [3.63, 3.8) is 0 Å². The predicted octanol–water partition coefficient (Wildman–Crippen LogP) is 0.370. The Morgan fingerprint density at radius 1 is 1.73 bits per heavy atom. The van der Waals surface area contributed by atoms with Crippen LogP contribution in [0.15, 0.2) is 18.3 Å². The van der Waals surface area contributed by atoms with E-state index < -0.39 is 0 Å². The third-order valence-corrected chi connectivity index (χ3v) is 1.26. The van der Waals surface area contributed by atoms with E-state index >= 15 is 0 Å². The highest BCUT2D eigenvalue weighted by Crippen LogP contribution is 2.03. The monoisotopic (exact) mass is 150 g/mol. The van der Waals surface area contributed by atoms with E-state index in [1.54, 1.807) is 24.7 Å². The van der Waals surface area contributed by atoms with Gasteiger partial charge in [0.15, 0.2) is 5.82 Å². The third kappa shape index (κ3) is 1.73. The molecule has 57 valence electrons. The zero-order valence-electron chi connectivity index (χ0n) is 6.19. The molecule has 1 heterocycles. The number of nitrogens with zero attached hydrogens (tertiary/aromatic N) is 3. The van der Waals surface area contributed by atoms with E-state index in [0.29, 0.717) is 12.4 Å². The first kappa shape index (κ1) is 7.65. The number of hydrogen-bond donors (Lipinski definition) is 0. The lowest BCUT2D eigenvalue weighted by Gasteiger charge is -2.09. The summed E-state index contributed by atoms with van der Waals surface area (Å²) in [6, 6.07) is 3.43. The van der Waals surface area contributed by atoms with Gasteiger partial charge in [0.1, 0.15) is 0 Å². The molecule has 0 aliphatic rings. The molecule has 1 amide bonds. The minimum atomic E-state index is 0.532. The van der Waals surface area contributed by atoms with Gasteiger partial charge >= 0.3 is 6.41 Å². The van der Waals surface area contributed by atoms with Crippen LogP contribution in [0.2, 0.25) is 0 Å². The molecule has 0 unspecified atom stereocenters. The summed E-state index contributed by atoms with van der Waals surface area (Å²) in [4.78, 5) is 11.6. The molecule has 1 aromatic heterocycles.